The summed E-state index contributed by atoms with van der Waals surface area (Å²) >= 11 is 7.12. The van der Waals surface area contributed by atoms with Gasteiger partial charge in [-0.05, 0) is 18.2 Å². The molecule has 1 N–H and O–H groups in total. The standard InChI is InChI=1S/C19H15ClN4O2S/c20-14-7-4-8-15(10-14)24-11-13(9-16(24)25)18(26)22-19-21-17(23-27-19)12-5-2-1-3-6-12/h1-8,10,13H,9,11H2,(H,21,22,23,26). The van der Waals surface area contributed by atoms with E-state index in [9.17, 15) is 9.59 Å². The second kappa shape index (κ2) is 7.46. The summed E-state index contributed by atoms with van der Waals surface area (Å²) in [4.78, 5) is 30.8. The maximum Gasteiger partial charge on any atom is 0.231 e. The molecule has 6 nitrogen and oxygen atoms in total. The van der Waals surface area contributed by atoms with E-state index in [0.717, 1.165) is 17.1 Å². The van der Waals surface area contributed by atoms with Gasteiger partial charge in [0, 0.05) is 40.8 Å². The van der Waals surface area contributed by atoms with Gasteiger partial charge < -0.3 is 10.2 Å². The molecule has 0 spiro atoms. The zero-order chi connectivity index (χ0) is 18.8. The van der Waals surface area contributed by atoms with Gasteiger partial charge in [-0.25, -0.2) is 0 Å². The molecule has 27 heavy (non-hydrogen) atoms. The van der Waals surface area contributed by atoms with Crippen molar-refractivity contribution in [3.63, 3.8) is 0 Å². The molecule has 0 aliphatic carbocycles. The van der Waals surface area contributed by atoms with E-state index < -0.39 is 5.92 Å². The number of hydrogen-bond acceptors (Lipinski definition) is 5. The Morgan fingerprint density at radius 3 is 2.78 bits per heavy atom. The predicted molar refractivity (Wildman–Crippen MR) is 106 cm³/mol. The van der Waals surface area contributed by atoms with E-state index in [0.29, 0.717) is 28.2 Å². The molecule has 136 valence electrons. The fraction of sp³-hybridized carbons (Fsp3) is 0.158. The number of anilines is 2. The first-order valence-corrected chi connectivity index (χ1v) is 9.51. The minimum absolute atomic E-state index is 0.0975. The number of benzene rings is 2. The highest BCUT2D eigenvalue weighted by Gasteiger charge is 2.35. The highest BCUT2D eigenvalue weighted by Crippen LogP contribution is 2.28. The van der Waals surface area contributed by atoms with Crippen LogP contribution in [0.5, 0.6) is 0 Å². The van der Waals surface area contributed by atoms with Crippen molar-refractivity contribution in [1.82, 2.24) is 9.36 Å². The van der Waals surface area contributed by atoms with Crippen molar-refractivity contribution in [3.05, 3.63) is 59.6 Å². The summed E-state index contributed by atoms with van der Waals surface area (Å²) in [6.07, 6.45) is 0.155. The van der Waals surface area contributed by atoms with Crippen molar-refractivity contribution in [2.75, 3.05) is 16.8 Å². The predicted octanol–water partition coefficient (Wildman–Crippen LogP) is 3.85. The van der Waals surface area contributed by atoms with E-state index in [2.05, 4.69) is 14.7 Å². The summed E-state index contributed by atoms with van der Waals surface area (Å²) in [5.41, 5.74) is 1.59. The van der Waals surface area contributed by atoms with Crippen LogP contribution in [0.2, 0.25) is 5.02 Å². The van der Waals surface area contributed by atoms with Gasteiger partial charge in [0.15, 0.2) is 5.82 Å². The lowest BCUT2D eigenvalue weighted by Crippen LogP contribution is -2.28. The van der Waals surface area contributed by atoms with Gasteiger partial charge in [0.25, 0.3) is 0 Å². The molecule has 1 unspecified atom stereocenters. The highest BCUT2D eigenvalue weighted by molar-refractivity contribution is 7.10. The molecule has 0 saturated carbocycles. The van der Waals surface area contributed by atoms with Gasteiger partial charge in [0.2, 0.25) is 16.9 Å². The summed E-state index contributed by atoms with van der Waals surface area (Å²) in [5.74, 6) is -0.206. The van der Waals surface area contributed by atoms with Gasteiger partial charge in [-0.3, -0.25) is 9.59 Å². The van der Waals surface area contributed by atoms with Crippen LogP contribution in [0.3, 0.4) is 0 Å². The number of halogens is 1. The Labute approximate surface area is 165 Å². The van der Waals surface area contributed by atoms with E-state index in [1.165, 1.54) is 0 Å². The van der Waals surface area contributed by atoms with Gasteiger partial charge in [-0.15, -0.1) is 0 Å². The summed E-state index contributed by atoms with van der Waals surface area (Å²) in [7, 11) is 0. The Morgan fingerprint density at radius 2 is 2.00 bits per heavy atom. The lowest BCUT2D eigenvalue weighted by molar-refractivity contribution is -0.122. The second-order valence-electron chi connectivity index (χ2n) is 6.16. The van der Waals surface area contributed by atoms with Crippen LogP contribution in [-0.2, 0) is 9.59 Å². The third-order valence-corrected chi connectivity index (χ3v) is 5.17. The zero-order valence-corrected chi connectivity index (χ0v) is 15.7. The maximum atomic E-state index is 12.6. The van der Waals surface area contributed by atoms with Gasteiger partial charge in [-0.2, -0.15) is 9.36 Å². The Morgan fingerprint density at radius 1 is 1.19 bits per heavy atom. The van der Waals surface area contributed by atoms with Gasteiger partial charge in [-0.1, -0.05) is 48.0 Å². The molecule has 1 fully saturated rings. The molecule has 2 heterocycles. The van der Waals surface area contributed by atoms with Crippen LogP contribution < -0.4 is 10.2 Å². The quantitative estimate of drug-likeness (QED) is 0.724. The number of rotatable bonds is 4. The van der Waals surface area contributed by atoms with Crippen molar-refractivity contribution >= 4 is 45.8 Å². The second-order valence-corrected chi connectivity index (χ2v) is 7.35. The molecule has 2 aromatic carbocycles. The normalized spacial score (nSPS) is 16.6. The molecule has 1 saturated heterocycles. The first kappa shape index (κ1) is 17.6. The lowest BCUT2D eigenvalue weighted by Gasteiger charge is -2.16. The molecule has 0 bridgehead atoms. The average Bonchev–Trinajstić information content (AvgIpc) is 3.29. The van der Waals surface area contributed by atoms with E-state index in [4.69, 9.17) is 11.6 Å². The largest absolute Gasteiger partial charge is 0.312 e. The maximum absolute atomic E-state index is 12.6. The average molecular weight is 399 g/mol. The van der Waals surface area contributed by atoms with E-state index in [1.54, 1.807) is 29.2 Å². The summed E-state index contributed by atoms with van der Waals surface area (Å²) in [6.45, 7) is 0.315. The molecule has 0 radical (unpaired) electrons. The van der Waals surface area contributed by atoms with E-state index >= 15 is 0 Å². The number of aromatic nitrogens is 2. The molecule has 8 heteroatoms. The molecule has 4 rings (SSSR count). The third-order valence-electron chi connectivity index (χ3n) is 4.30. The molecular weight excluding hydrogens is 384 g/mol. The van der Waals surface area contributed by atoms with Crippen LogP contribution in [0.25, 0.3) is 11.4 Å². The summed E-state index contributed by atoms with van der Waals surface area (Å²) in [6, 6.07) is 16.6. The van der Waals surface area contributed by atoms with E-state index in [-0.39, 0.29) is 18.2 Å². The van der Waals surface area contributed by atoms with E-state index in [1.807, 2.05) is 30.3 Å². The number of amides is 2. The minimum Gasteiger partial charge on any atom is -0.312 e. The number of nitrogens with one attached hydrogen (secondary N) is 1. The summed E-state index contributed by atoms with van der Waals surface area (Å²) < 4.78 is 4.28. The Bertz CT molecular complexity index is 992. The van der Waals surface area contributed by atoms with Crippen molar-refractivity contribution in [2.45, 2.75) is 6.42 Å². The summed E-state index contributed by atoms with van der Waals surface area (Å²) in [5, 5.41) is 3.75. The fourth-order valence-corrected chi connectivity index (χ4v) is 3.74. The Kier molecular flexibility index (Phi) is 4.87. The zero-order valence-electron chi connectivity index (χ0n) is 14.1. The van der Waals surface area contributed by atoms with Crippen molar-refractivity contribution in [3.8, 4) is 11.4 Å². The van der Waals surface area contributed by atoms with Gasteiger partial charge in [0.05, 0.1) is 5.92 Å². The minimum atomic E-state index is -0.444. The molecule has 1 aliphatic heterocycles. The third kappa shape index (κ3) is 3.84. The van der Waals surface area contributed by atoms with Crippen LogP contribution in [0, 0.1) is 5.92 Å². The smallest absolute Gasteiger partial charge is 0.231 e. The molecule has 1 aliphatic rings. The van der Waals surface area contributed by atoms with Crippen LogP contribution in [-0.4, -0.2) is 27.7 Å². The molecular formula is C19H15ClN4O2S. The van der Waals surface area contributed by atoms with Gasteiger partial charge in [0.1, 0.15) is 0 Å². The van der Waals surface area contributed by atoms with Crippen LogP contribution >= 0.6 is 23.1 Å². The Balaban J connectivity index is 1.44. The molecule has 1 aromatic heterocycles. The molecule has 3 aromatic rings. The van der Waals surface area contributed by atoms with Crippen LogP contribution in [0.15, 0.2) is 54.6 Å². The van der Waals surface area contributed by atoms with Gasteiger partial charge >= 0.3 is 0 Å². The molecule has 2 amide bonds. The van der Waals surface area contributed by atoms with Crippen molar-refractivity contribution in [2.24, 2.45) is 5.92 Å². The first-order valence-electron chi connectivity index (χ1n) is 8.36. The lowest BCUT2D eigenvalue weighted by atomic mass is 10.1. The SMILES string of the molecule is O=C(Nc1nc(-c2ccccc2)ns1)C1CC(=O)N(c2cccc(Cl)c2)C1. The molecule has 1 atom stereocenters. The number of nitrogens with zero attached hydrogens (tertiary/aromatic N) is 3. The highest BCUT2D eigenvalue weighted by atomic mass is 35.5. The number of carbonyl (C=O) groups is 2. The van der Waals surface area contributed by atoms with Crippen molar-refractivity contribution in [1.29, 1.82) is 0 Å². The number of hydrogen-bond donors (Lipinski definition) is 1. The number of carbonyl (C=O) groups excluding carboxylic acids is 2. The monoisotopic (exact) mass is 398 g/mol. The topological polar surface area (TPSA) is 75.2 Å². The van der Waals surface area contributed by atoms with Crippen molar-refractivity contribution < 1.29 is 9.59 Å². The Hall–Kier alpha value is -2.77. The fourth-order valence-electron chi connectivity index (χ4n) is 2.96. The van der Waals surface area contributed by atoms with Crippen LogP contribution in [0.1, 0.15) is 6.42 Å². The van der Waals surface area contributed by atoms with Crippen LogP contribution in [0.4, 0.5) is 10.8 Å². The first-order chi connectivity index (χ1) is 13.1.